The molecule has 0 unspecified atom stereocenters. The number of carbonyl (C=O) groups excluding carboxylic acids is 1. The van der Waals surface area contributed by atoms with Crippen molar-refractivity contribution in [3.05, 3.63) is 22.8 Å². The van der Waals surface area contributed by atoms with Crippen LogP contribution in [0.15, 0.2) is 22.8 Å². The fourth-order valence-electron chi connectivity index (χ4n) is 5.97. The Morgan fingerprint density at radius 3 is 2.83 bits per heavy atom. The Bertz CT molecular complexity index is 668. The number of fused-ring (bicyclic) bond motifs is 4. The fourth-order valence-corrected chi connectivity index (χ4v) is 5.97. The van der Waals surface area contributed by atoms with Gasteiger partial charge in [-0.25, -0.2) is 0 Å². The van der Waals surface area contributed by atoms with Gasteiger partial charge in [0.25, 0.3) is 0 Å². The van der Waals surface area contributed by atoms with E-state index in [2.05, 4.69) is 13.0 Å². The average molecular weight is 311 g/mol. The number of hydrogen-bond donors (Lipinski definition) is 1. The van der Waals surface area contributed by atoms with Crippen molar-refractivity contribution in [3.63, 3.8) is 0 Å². The molecule has 0 aliphatic heterocycles. The number of nitrogens with zero attached hydrogens (tertiary/aromatic N) is 1. The van der Waals surface area contributed by atoms with Gasteiger partial charge in [-0.1, -0.05) is 23.6 Å². The average Bonchev–Trinajstić information content (AvgIpc) is 2.79. The molecule has 0 bridgehead atoms. The van der Waals surface area contributed by atoms with E-state index >= 15 is 0 Å². The second-order valence-corrected chi connectivity index (χ2v) is 8.18. The van der Waals surface area contributed by atoms with Gasteiger partial charge in [-0.05, 0) is 62.9 Å². The van der Waals surface area contributed by atoms with Crippen LogP contribution < -0.4 is 0 Å². The maximum Gasteiger partial charge on any atom is 0.155 e. The lowest BCUT2D eigenvalue weighted by Gasteiger charge is -2.49. The lowest BCUT2D eigenvalue weighted by atomic mass is 9.56. The predicted molar refractivity (Wildman–Crippen MR) is 87.3 cm³/mol. The van der Waals surface area contributed by atoms with Gasteiger partial charge in [-0.2, -0.15) is 5.26 Å². The van der Waals surface area contributed by atoms with Gasteiger partial charge in [-0.15, -0.1) is 0 Å². The zero-order chi connectivity index (χ0) is 16.2. The summed E-state index contributed by atoms with van der Waals surface area (Å²) in [6, 6.07) is 2.21. The van der Waals surface area contributed by atoms with E-state index in [1.54, 1.807) is 5.57 Å². The van der Waals surface area contributed by atoms with Crippen molar-refractivity contribution in [1.29, 1.82) is 5.26 Å². The Balaban J connectivity index is 1.73. The van der Waals surface area contributed by atoms with Gasteiger partial charge in [0.15, 0.2) is 5.78 Å². The summed E-state index contributed by atoms with van der Waals surface area (Å²) in [5, 5.41) is 20.2. The Hall–Kier alpha value is -1.40. The number of nitriles is 1. The molecule has 4 aliphatic rings. The second kappa shape index (κ2) is 5.05. The third kappa shape index (κ3) is 2.01. The second-order valence-electron chi connectivity index (χ2n) is 8.18. The Morgan fingerprint density at radius 2 is 2.04 bits per heavy atom. The van der Waals surface area contributed by atoms with Crippen LogP contribution in [0.4, 0.5) is 0 Å². The largest absolute Gasteiger partial charge is 0.388 e. The first-order valence-electron chi connectivity index (χ1n) is 9.03. The van der Waals surface area contributed by atoms with Crippen LogP contribution in [0.5, 0.6) is 0 Å². The molecule has 0 spiro atoms. The molecule has 4 rings (SSSR count). The number of hydrogen-bond acceptors (Lipinski definition) is 3. The Morgan fingerprint density at radius 1 is 1.22 bits per heavy atom. The van der Waals surface area contributed by atoms with Crippen molar-refractivity contribution < 1.29 is 9.90 Å². The highest BCUT2D eigenvalue weighted by Crippen LogP contribution is 2.62. The molecule has 1 N–H and O–H groups in total. The van der Waals surface area contributed by atoms with Crippen LogP contribution in [0.1, 0.15) is 64.7 Å². The summed E-state index contributed by atoms with van der Waals surface area (Å²) in [7, 11) is 0. The molecule has 0 saturated heterocycles. The van der Waals surface area contributed by atoms with Gasteiger partial charge in [0.05, 0.1) is 18.1 Å². The van der Waals surface area contributed by atoms with Crippen molar-refractivity contribution >= 4 is 5.78 Å². The third-order valence-electron chi connectivity index (χ3n) is 7.34. The van der Waals surface area contributed by atoms with Gasteiger partial charge in [0.1, 0.15) is 0 Å². The minimum absolute atomic E-state index is 0.208. The minimum atomic E-state index is -0.840. The maximum absolute atomic E-state index is 11.7. The van der Waals surface area contributed by atoms with E-state index in [0.717, 1.165) is 44.9 Å². The van der Waals surface area contributed by atoms with Crippen molar-refractivity contribution in [2.24, 2.45) is 17.3 Å². The zero-order valence-electron chi connectivity index (χ0n) is 13.9. The van der Waals surface area contributed by atoms with E-state index in [9.17, 15) is 9.90 Å². The first-order chi connectivity index (χ1) is 11.0. The van der Waals surface area contributed by atoms with Gasteiger partial charge in [0.2, 0.25) is 0 Å². The molecule has 3 nitrogen and oxygen atoms in total. The zero-order valence-corrected chi connectivity index (χ0v) is 13.9. The SMILES string of the molecule is C[C@]12CC[C@H]3C(=C1CC[C@@]2(O)CC#N)CCC1=CC(=O)CC[C@@H]13. The first kappa shape index (κ1) is 15.1. The summed E-state index contributed by atoms with van der Waals surface area (Å²) in [5.41, 5.74) is 3.37. The topological polar surface area (TPSA) is 61.1 Å². The van der Waals surface area contributed by atoms with Crippen LogP contribution in [-0.2, 0) is 4.79 Å². The summed E-state index contributed by atoms with van der Waals surface area (Å²) in [5.74, 6) is 1.44. The first-order valence-corrected chi connectivity index (χ1v) is 9.03. The number of ketones is 1. The van der Waals surface area contributed by atoms with E-state index in [0.29, 0.717) is 24.0 Å². The number of rotatable bonds is 1. The van der Waals surface area contributed by atoms with Gasteiger partial charge in [-0.3, -0.25) is 4.79 Å². The van der Waals surface area contributed by atoms with Crippen molar-refractivity contribution in [2.75, 3.05) is 0 Å². The van der Waals surface area contributed by atoms with Crippen LogP contribution in [0.3, 0.4) is 0 Å². The summed E-state index contributed by atoms with van der Waals surface area (Å²) >= 11 is 0. The van der Waals surface area contributed by atoms with Crippen molar-refractivity contribution in [2.45, 2.75) is 70.3 Å². The summed E-state index contributed by atoms with van der Waals surface area (Å²) in [6.07, 6.45) is 9.68. The minimum Gasteiger partial charge on any atom is -0.388 e. The number of aliphatic hydroxyl groups is 1. The van der Waals surface area contributed by atoms with Crippen LogP contribution in [0.25, 0.3) is 0 Å². The Labute approximate surface area is 138 Å². The molecular weight excluding hydrogens is 286 g/mol. The highest BCUT2D eigenvalue weighted by molar-refractivity contribution is 5.91. The molecule has 2 fully saturated rings. The van der Waals surface area contributed by atoms with Gasteiger partial charge in [0, 0.05) is 11.8 Å². The standard InChI is InChI=1S/C20H25NO2/c1-19-8-6-16-15-5-3-14(22)12-13(15)2-4-17(16)18(19)7-9-20(19,23)10-11-21/h12,15-16,23H,2-10H2,1H3/t15-,16+,19-,20+/m0/s1. The normalized spacial score (nSPS) is 42.5. The van der Waals surface area contributed by atoms with E-state index in [-0.39, 0.29) is 11.8 Å². The highest BCUT2D eigenvalue weighted by Gasteiger charge is 2.57. The van der Waals surface area contributed by atoms with E-state index < -0.39 is 5.60 Å². The van der Waals surface area contributed by atoms with Crippen LogP contribution >= 0.6 is 0 Å². The van der Waals surface area contributed by atoms with Crippen LogP contribution in [-0.4, -0.2) is 16.5 Å². The number of allylic oxidation sites excluding steroid dienone is 3. The van der Waals surface area contributed by atoms with Crippen LogP contribution in [0, 0.1) is 28.6 Å². The molecule has 3 heteroatoms. The fraction of sp³-hybridized carbons (Fsp3) is 0.700. The third-order valence-corrected chi connectivity index (χ3v) is 7.34. The molecule has 4 atom stereocenters. The smallest absolute Gasteiger partial charge is 0.155 e. The molecule has 0 aromatic carbocycles. The molecule has 0 amide bonds. The summed E-state index contributed by atoms with van der Waals surface area (Å²) in [6.45, 7) is 2.19. The highest BCUT2D eigenvalue weighted by atomic mass is 16.3. The lowest BCUT2D eigenvalue weighted by Crippen LogP contribution is -2.46. The van der Waals surface area contributed by atoms with E-state index in [4.69, 9.17) is 5.26 Å². The van der Waals surface area contributed by atoms with E-state index in [1.807, 2.05) is 6.08 Å². The van der Waals surface area contributed by atoms with Crippen LogP contribution in [0.2, 0.25) is 0 Å². The van der Waals surface area contributed by atoms with Gasteiger partial charge >= 0.3 is 0 Å². The van der Waals surface area contributed by atoms with Crippen molar-refractivity contribution in [3.8, 4) is 6.07 Å². The molecule has 122 valence electrons. The molecule has 23 heavy (non-hydrogen) atoms. The van der Waals surface area contributed by atoms with E-state index in [1.165, 1.54) is 11.1 Å². The maximum atomic E-state index is 11.7. The monoisotopic (exact) mass is 311 g/mol. The van der Waals surface area contributed by atoms with Crippen molar-refractivity contribution in [1.82, 2.24) is 0 Å². The summed E-state index contributed by atoms with van der Waals surface area (Å²) in [4.78, 5) is 11.7. The molecular formula is C20H25NO2. The predicted octanol–water partition coefficient (Wildman–Crippen LogP) is 3.84. The Kier molecular flexibility index (Phi) is 3.32. The molecule has 0 aromatic rings. The molecule has 0 radical (unpaired) electrons. The lowest BCUT2D eigenvalue weighted by molar-refractivity contribution is -0.115. The molecule has 2 saturated carbocycles. The molecule has 4 aliphatic carbocycles. The molecule has 0 aromatic heterocycles. The molecule has 0 heterocycles. The quantitative estimate of drug-likeness (QED) is 0.748. The van der Waals surface area contributed by atoms with Gasteiger partial charge < -0.3 is 5.11 Å². The summed E-state index contributed by atoms with van der Waals surface area (Å²) < 4.78 is 0. The number of carbonyl (C=O) groups is 1.